The summed E-state index contributed by atoms with van der Waals surface area (Å²) in [5.41, 5.74) is 4.86. The van der Waals surface area contributed by atoms with Crippen LogP contribution in [0.15, 0.2) is 90.3 Å². The number of thiazole rings is 1. The van der Waals surface area contributed by atoms with E-state index >= 15 is 0 Å². The van der Waals surface area contributed by atoms with E-state index in [2.05, 4.69) is 9.78 Å². The SMILES string of the molecule is O=C(c1ccccc1)c1nc2scc(-c3ccc(Cl)cc3)n2c1-c1ccccc1. The molecular formula is C24H15ClN2OS. The van der Waals surface area contributed by atoms with Gasteiger partial charge in [-0.25, -0.2) is 4.98 Å². The quantitative estimate of drug-likeness (QED) is 0.310. The molecular weight excluding hydrogens is 400 g/mol. The Balaban J connectivity index is 1.78. The molecule has 3 nitrogen and oxygen atoms in total. The highest BCUT2D eigenvalue weighted by molar-refractivity contribution is 7.15. The largest absolute Gasteiger partial charge is 0.287 e. The Hall–Kier alpha value is -3.21. The summed E-state index contributed by atoms with van der Waals surface area (Å²) in [5.74, 6) is -0.0811. The molecule has 0 aliphatic rings. The minimum absolute atomic E-state index is 0.0811. The average molecular weight is 415 g/mol. The molecule has 0 aliphatic carbocycles. The first-order valence-electron chi connectivity index (χ1n) is 9.13. The standard InChI is InChI=1S/C24H15ClN2OS/c25-19-13-11-16(12-14-19)20-15-29-24-26-21(23(28)18-9-5-2-6-10-18)22(27(20)24)17-7-3-1-4-8-17/h1-15H. The lowest BCUT2D eigenvalue weighted by Crippen LogP contribution is -2.04. The Labute approximate surface area is 176 Å². The molecule has 5 rings (SSSR count). The Morgan fingerprint density at radius 3 is 2.17 bits per heavy atom. The van der Waals surface area contributed by atoms with Crippen LogP contribution in [-0.2, 0) is 0 Å². The lowest BCUT2D eigenvalue weighted by molar-refractivity contribution is 0.103. The van der Waals surface area contributed by atoms with Gasteiger partial charge in [0.25, 0.3) is 0 Å². The summed E-state index contributed by atoms with van der Waals surface area (Å²) in [5, 5.41) is 2.75. The van der Waals surface area contributed by atoms with E-state index in [1.54, 1.807) is 0 Å². The Morgan fingerprint density at radius 1 is 0.828 bits per heavy atom. The first kappa shape index (κ1) is 17.9. The van der Waals surface area contributed by atoms with Crippen LogP contribution >= 0.6 is 22.9 Å². The van der Waals surface area contributed by atoms with Gasteiger partial charge >= 0.3 is 0 Å². The van der Waals surface area contributed by atoms with Gasteiger partial charge in [-0.3, -0.25) is 9.20 Å². The molecule has 0 N–H and O–H groups in total. The van der Waals surface area contributed by atoms with E-state index in [1.165, 1.54) is 11.3 Å². The van der Waals surface area contributed by atoms with Crippen LogP contribution in [0.1, 0.15) is 16.1 Å². The molecule has 0 fully saturated rings. The summed E-state index contributed by atoms with van der Waals surface area (Å²) in [4.78, 5) is 18.8. The summed E-state index contributed by atoms with van der Waals surface area (Å²) in [6.45, 7) is 0. The molecule has 0 unspecified atom stereocenters. The van der Waals surface area contributed by atoms with Crippen LogP contribution in [-0.4, -0.2) is 15.2 Å². The molecule has 0 radical (unpaired) electrons. The zero-order valence-corrected chi connectivity index (χ0v) is 16.8. The number of hydrogen-bond donors (Lipinski definition) is 0. The van der Waals surface area contributed by atoms with Crippen LogP contribution < -0.4 is 0 Å². The van der Waals surface area contributed by atoms with Gasteiger partial charge in [0.1, 0.15) is 5.69 Å². The van der Waals surface area contributed by atoms with Crippen molar-refractivity contribution in [3.05, 3.63) is 107 Å². The number of ketones is 1. The monoisotopic (exact) mass is 414 g/mol. The van der Waals surface area contributed by atoms with Gasteiger partial charge in [-0.1, -0.05) is 84.4 Å². The smallest absolute Gasteiger partial charge is 0.213 e. The summed E-state index contributed by atoms with van der Waals surface area (Å²) in [6, 6.07) is 26.9. The highest BCUT2D eigenvalue weighted by Gasteiger charge is 2.24. The van der Waals surface area contributed by atoms with Crippen molar-refractivity contribution in [1.82, 2.24) is 9.38 Å². The fourth-order valence-electron chi connectivity index (χ4n) is 3.43. The van der Waals surface area contributed by atoms with Crippen molar-refractivity contribution in [1.29, 1.82) is 0 Å². The predicted molar refractivity (Wildman–Crippen MR) is 119 cm³/mol. The number of hydrogen-bond acceptors (Lipinski definition) is 3. The van der Waals surface area contributed by atoms with Gasteiger partial charge < -0.3 is 0 Å². The maximum absolute atomic E-state index is 13.3. The molecule has 5 aromatic rings. The Kier molecular flexibility index (Phi) is 4.51. The molecule has 0 spiro atoms. The minimum atomic E-state index is -0.0811. The maximum atomic E-state index is 13.3. The molecule has 0 bridgehead atoms. The van der Waals surface area contributed by atoms with E-state index in [1.807, 2.05) is 84.9 Å². The average Bonchev–Trinajstić information content (AvgIpc) is 3.34. The topological polar surface area (TPSA) is 34.4 Å². The van der Waals surface area contributed by atoms with Crippen molar-refractivity contribution in [2.45, 2.75) is 0 Å². The van der Waals surface area contributed by atoms with Gasteiger partial charge in [0.15, 0.2) is 4.96 Å². The fourth-order valence-corrected chi connectivity index (χ4v) is 4.45. The van der Waals surface area contributed by atoms with Crippen LogP contribution in [0.25, 0.3) is 27.5 Å². The van der Waals surface area contributed by atoms with Crippen molar-refractivity contribution >= 4 is 33.7 Å². The second-order valence-electron chi connectivity index (χ2n) is 6.62. The van der Waals surface area contributed by atoms with Crippen molar-refractivity contribution in [3.8, 4) is 22.5 Å². The first-order valence-corrected chi connectivity index (χ1v) is 10.4. The van der Waals surface area contributed by atoms with Crippen molar-refractivity contribution in [2.75, 3.05) is 0 Å². The highest BCUT2D eigenvalue weighted by Crippen LogP contribution is 2.35. The second-order valence-corrected chi connectivity index (χ2v) is 7.89. The molecule has 0 saturated heterocycles. The first-order chi connectivity index (χ1) is 14.2. The third-order valence-corrected chi connectivity index (χ3v) is 5.88. The molecule has 0 saturated carbocycles. The van der Waals surface area contributed by atoms with Crippen LogP contribution in [0.4, 0.5) is 0 Å². The number of fused-ring (bicyclic) bond motifs is 1. The number of nitrogens with zero attached hydrogens (tertiary/aromatic N) is 2. The van der Waals surface area contributed by atoms with Gasteiger partial charge in [0, 0.05) is 21.5 Å². The van der Waals surface area contributed by atoms with Crippen LogP contribution in [0, 0.1) is 0 Å². The molecule has 5 heteroatoms. The van der Waals surface area contributed by atoms with E-state index in [-0.39, 0.29) is 5.78 Å². The fraction of sp³-hybridized carbons (Fsp3) is 0. The van der Waals surface area contributed by atoms with E-state index in [4.69, 9.17) is 16.6 Å². The lowest BCUT2D eigenvalue weighted by atomic mass is 10.0. The lowest BCUT2D eigenvalue weighted by Gasteiger charge is -2.08. The minimum Gasteiger partial charge on any atom is -0.287 e. The number of rotatable bonds is 4. The van der Waals surface area contributed by atoms with Crippen LogP contribution in [0.2, 0.25) is 5.02 Å². The summed E-state index contributed by atoms with van der Waals surface area (Å²) in [7, 11) is 0. The number of carbonyl (C=O) groups is 1. The zero-order valence-electron chi connectivity index (χ0n) is 15.2. The molecule has 3 aromatic carbocycles. The molecule has 140 valence electrons. The Morgan fingerprint density at radius 2 is 1.48 bits per heavy atom. The van der Waals surface area contributed by atoms with E-state index in [0.29, 0.717) is 16.3 Å². The third-order valence-electron chi connectivity index (χ3n) is 4.80. The van der Waals surface area contributed by atoms with Crippen molar-refractivity contribution < 1.29 is 4.79 Å². The number of aromatic nitrogens is 2. The van der Waals surface area contributed by atoms with Crippen molar-refractivity contribution in [2.24, 2.45) is 0 Å². The number of carbonyl (C=O) groups excluding carboxylic acids is 1. The molecule has 0 atom stereocenters. The highest BCUT2D eigenvalue weighted by atomic mass is 35.5. The number of imidazole rings is 1. The molecule has 2 aromatic heterocycles. The van der Waals surface area contributed by atoms with Gasteiger partial charge in [-0.2, -0.15) is 0 Å². The second kappa shape index (κ2) is 7.32. The van der Waals surface area contributed by atoms with Crippen molar-refractivity contribution in [3.63, 3.8) is 0 Å². The molecule has 29 heavy (non-hydrogen) atoms. The van der Waals surface area contributed by atoms with Gasteiger partial charge in [-0.15, -0.1) is 11.3 Å². The number of halogens is 1. The van der Waals surface area contributed by atoms with Gasteiger partial charge in [0.2, 0.25) is 5.78 Å². The zero-order chi connectivity index (χ0) is 19.8. The summed E-state index contributed by atoms with van der Waals surface area (Å²) < 4.78 is 2.07. The predicted octanol–water partition coefficient (Wildman–Crippen LogP) is 6.61. The molecule has 2 heterocycles. The van der Waals surface area contributed by atoms with Crippen LogP contribution in [0.3, 0.4) is 0 Å². The normalized spacial score (nSPS) is 11.1. The summed E-state index contributed by atoms with van der Waals surface area (Å²) >= 11 is 7.59. The van der Waals surface area contributed by atoms with E-state index in [0.717, 1.165) is 27.5 Å². The van der Waals surface area contributed by atoms with Gasteiger partial charge in [-0.05, 0) is 17.7 Å². The van der Waals surface area contributed by atoms with Gasteiger partial charge in [0.05, 0.1) is 11.4 Å². The van der Waals surface area contributed by atoms with E-state index < -0.39 is 0 Å². The molecule has 0 aliphatic heterocycles. The number of benzene rings is 3. The van der Waals surface area contributed by atoms with E-state index in [9.17, 15) is 4.79 Å². The third kappa shape index (κ3) is 3.16. The molecule has 0 amide bonds. The van der Waals surface area contributed by atoms with Crippen LogP contribution in [0.5, 0.6) is 0 Å². The Bertz CT molecular complexity index is 1310. The maximum Gasteiger partial charge on any atom is 0.213 e. The summed E-state index contributed by atoms with van der Waals surface area (Å²) in [6.07, 6.45) is 0.